The summed E-state index contributed by atoms with van der Waals surface area (Å²) in [5.74, 6) is 0.387. The second kappa shape index (κ2) is 6.66. The van der Waals surface area contributed by atoms with Gasteiger partial charge < -0.3 is 9.26 Å². The average molecular weight is 389 g/mol. The Kier molecular flexibility index (Phi) is 4.29. The molecule has 0 saturated carbocycles. The molecule has 0 saturated heterocycles. The highest BCUT2D eigenvalue weighted by Gasteiger charge is 2.33. The molecular formula is C19H14F3N3O3. The molecule has 1 atom stereocenters. The van der Waals surface area contributed by atoms with Crippen molar-refractivity contribution in [3.8, 4) is 17.1 Å². The number of anilines is 1. The number of benzene rings is 2. The number of carbonyl (C=O) groups excluding carboxylic acids is 1. The second-order valence-electron chi connectivity index (χ2n) is 6.24. The van der Waals surface area contributed by atoms with E-state index in [1.165, 1.54) is 17.0 Å². The molecule has 0 aliphatic carbocycles. The van der Waals surface area contributed by atoms with E-state index in [2.05, 4.69) is 10.1 Å². The highest BCUT2D eigenvalue weighted by molar-refractivity contribution is 5.99. The zero-order chi connectivity index (χ0) is 19.9. The Morgan fingerprint density at radius 2 is 1.93 bits per heavy atom. The molecule has 0 N–H and O–H groups in total. The third-order valence-electron chi connectivity index (χ3n) is 4.28. The first-order valence-corrected chi connectivity index (χ1v) is 8.40. The van der Waals surface area contributed by atoms with E-state index in [4.69, 9.17) is 9.26 Å². The van der Waals surface area contributed by atoms with Gasteiger partial charge in [-0.25, -0.2) is 0 Å². The van der Waals surface area contributed by atoms with Crippen molar-refractivity contribution in [3.63, 3.8) is 0 Å². The fourth-order valence-electron chi connectivity index (χ4n) is 2.93. The summed E-state index contributed by atoms with van der Waals surface area (Å²) in [7, 11) is 0. The Hall–Kier alpha value is -3.36. The van der Waals surface area contributed by atoms with Gasteiger partial charge in [-0.1, -0.05) is 29.4 Å². The molecule has 1 amide bonds. The van der Waals surface area contributed by atoms with Crippen molar-refractivity contribution < 1.29 is 27.2 Å². The summed E-state index contributed by atoms with van der Waals surface area (Å²) in [6.45, 7) is 1.61. The molecule has 0 fully saturated rings. The van der Waals surface area contributed by atoms with E-state index >= 15 is 0 Å². The largest absolute Gasteiger partial charge is 0.479 e. The van der Waals surface area contributed by atoms with Crippen molar-refractivity contribution in [3.05, 3.63) is 60.0 Å². The molecule has 6 nitrogen and oxygen atoms in total. The molecule has 2 aromatic carbocycles. The first-order valence-electron chi connectivity index (χ1n) is 8.40. The average Bonchev–Trinajstić information content (AvgIpc) is 3.13. The molecule has 28 heavy (non-hydrogen) atoms. The summed E-state index contributed by atoms with van der Waals surface area (Å²) < 4.78 is 49.4. The van der Waals surface area contributed by atoms with Crippen LogP contribution in [-0.4, -0.2) is 22.2 Å². The van der Waals surface area contributed by atoms with Gasteiger partial charge in [-0.15, -0.1) is 0 Å². The Labute approximate surface area is 157 Å². The van der Waals surface area contributed by atoms with Crippen LogP contribution in [0.5, 0.6) is 5.75 Å². The van der Waals surface area contributed by atoms with Crippen LogP contribution in [0, 0.1) is 0 Å². The van der Waals surface area contributed by atoms with Crippen molar-refractivity contribution >= 4 is 11.6 Å². The van der Waals surface area contributed by atoms with Crippen LogP contribution in [0.25, 0.3) is 11.4 Å². The Morgan fingerprint density at radius 3 is 2.71 bits per heavy atom. The maximum Gasteiger partial charge on any atom is 0.416 e. The van der Waals surface area contributed by atoms with Gasteiger partial charge in [-0.05, 0) is 31.2 Å². The van der Waals surface area contributed by atoms with Crippen molar-refractivity contribution in [1.82, 2.24) is 10.1 Å². The predicted molar refractivity (Wildman–Crippen MR) is 92.5 cm³/mol. The van der Waals surface area contributed by atoms with E-state index in [0.717, 1.165) is 12.1 Å². The molecule has 144 valence electrons. The van der Waals surface area contributed by atoms with E-state index < -0.39 is 17.8 Å². The molecule has 1 unspecified atom stereocenters. The van der Waals surface area contributed by atoms with Crippen LogP contribution in [0.3, 0.4) is 0 Å². The maximum absolute atomic E-state index is 12.9. The predicted octanol–water partition coefficient (Wildman–Crippen LogP) is 4.07. The van der Waals surface area contributed by atoms with E-state index in [1.54, 1.807) is 31.2 Å². The monoisotopic (exact) mass is 389 g/mol. The minimum atomic E-state index is -4.47. The van der Waals surface area contributed by atoms with Crippen LogP contribution in [0.2, 0.25) is 0 Å². The van der Waals surface area contributed by atoms with Gasteiger partial charge in [0.15, 0.2) is 6.10 Å². The number of hydrogen-bond donors (Lipinski definition) is 0. The molecule has 0 radical (unpaired) electrons. The van der Waals surface area contributed by atoms with Crippen LogP contribution in [0.1, 0.15) is 18.4 Å². The van der Waals surface area contributed by atoms with E-state index in [-0.39, 0.29) is 29.7 Å². The van der Waals surface area contributed by atoms with Crippen molar-refractivity contribution in [2.75, 3.05) is 4.90 Å². The van der Waals surface area contributed by atoms with Gasteiger partial charge in [0.25, 0.3) is 5.91 Å². The lowest BCUT2D eigenvalue weighted by Crippen LogP contribution is -2.44. The number of halogens is 3. The summed E-state index contributed by atoms with van der Waals surface area (Å²) in [5.41, 5.74) is -0.0706. The maximum atomic E-state index is 12.9. The number of alkyl halides is 3. The van der Waals surface area contributed by atoms with E-state index in [0.29, 0.717) is 11.4 Å². The van der Waals surface area contributed by atoms with Crippen LogP contribution >= 0.6 is 0 Å². The van der Waals surface area contributed by atoms with Crippen LogP contribution in [-0.2, 0) is 17.5 Å². The molecule has 0 spiro atoms. The van der Waals surface area contributed by atoms with Crippen LogP contribution in [0.4, 0.5) is 18.9 Å². The summed E-state index contributed by atoms with van der Waals surface area (Å²) in [5, 5.41) is 3.75. The zero-order valence-electron chi connectivity index (χ0n) is 14.6. The Balaban J connectivity index is 1.62. The molecule has 4 rings (SSSR count). The van der Waals surface area contributed by atoms with Crippen molar-refractivity contribution in [2.24, 2.45) is 0 Å². The van der Waals surface area contributed by atoms with Crippen LogP contribution in [0.15, 0.2) is 53.1 Å². The minimum absolute atomic E-state index is 0.0168. The fourth-order valence-corrected chi connectivity index (χ4v) is 2.93. The number of nitrogens with zero attached hydrogens (tertiary/aromatic N) is 3. The molecule has 1 aromatic heterocycles. The molecule has 0 bridgehead atoms. The number of rotatable bonds is 3. The number of hydrogen-bond acceptors (Lipinski definition) is 5. The van der Waals surface area contributed by atoms with Crippen LogP contribution < -0.4 is 9.64 Å². The van der Waals surface area contributed by atoms with Gasteiger partial charge in [0, 0.05) is 5.56 Å². The molecular weight excluding hydrogens is 375 g/mol. The lowest BCUT2D eigenvalue weighted by atomic mass is 10.1. The highest BCUT2D eigenvalue weighted by atomic mass is 19.4. The topological polar surface area (TPSA) is 68.5 Å². The first kappa shape index (κ1) is 18.0. The number of amides is 1. The molecule has 1 aliphatic heterocycles. The van der Waals surface area contributed by atoms with Gasteiger partial charge in [0.2, 0.25) is 11.7 Å². The highest BCUT2D eigenvalue weighted by Crippen LogP contribution is 2.35. The number of carbonyl (C=O) groups is 1. The third kappa shape index (κ3) is 3.30. The second-order valence-corrected chi connectivity index (χ2v) is 6.24. The Morgan fingerprint density at radius 1 is 1.14 bits per heavy atom. The summed E-state index contributed by atoms with van der Waals surface area (Å²) in [6.07, 6.45) is -5.15. The Bertz CT molecular complexity index is 1030. The van der Waals surface area contributed by atoms with Gasteiger partial charge in [0.1, 0.15) is 12.3 Å². The van der Waals surface area contributed by atoms with E-state index in [9.17, 15) is 18.0 Å². The fraction of sp³-hybridized carbons (Fsp3) is 0.211. The third-order valence-corrected chi connectivity index (χ3v) is 4.28. The molecule has 1 aliphatic rings. The van der Waals surface area contributed by atoms with Gasteiger partial charge in [-0.3, -0.25) is 9.69 Å². The van der Waals surface area contributed by atoms with Gasteiger partial charge in [0.05, 0.1) is 11.3 Å². The summed E-state index contributed by atoms with van der Waals surface area (Å²) >= 11 is 0. The minimum Gasteiger partial charge on any atom is -0.479 e. The van der Waals surface area contributed by atoms with Crippen molar-refractivity contribution in [1.29, 1.82) is 0 Å². The summed E-state index contributed by atoms with van der Waals surface area (Å²) in [6, 6.07) is 11.7. The van der Waals surface area contributed by atoms with Crippen molar-refractivity contribution in [2.45, 2.75) is 25.7 Å². The number of aromatic nitrogens is 2. The SMILES string of the molecule is CC1Oc2ccccc2N(Cc2nc(-c3cccc(C(F)(F)F)c3)no2)C1=O. The summed E-state index contributed by atoms with van der Waals surface area (Å²) in [4.78, 5) is 18.1. The zero-order valence-corrected chi connectivity index (χ0v) is 14.6. The standard InChI is InChI=1S/C19H14F3N3O3/c1-11-18(26)25(14-7-2-3-8-15(14)27-11)10-16-23-17(24-28-16)12-5-4-6-13(9-12)19(20,21)22/h2-9,11H,10H2,1H3. The van der Waals surface area contributed by atoms with E-state index in [1.807, 2.05) is 0 Å². The normalized spacial score (nSPS) is 16.6. The van der Waals surface area contributed by atoms with Gasteiger partial charge >= 0.3 is 6.18 Å². The molecule has 2 heterocycles. The molecule has 3 aromatic rings. The smallest absolute Gasteiger partial charge is 0.416 e. The first-order chi connectivity index (χ1) is 13.3. The quantitative estimate of drug-likeness (QED) is 0.676. The molecule has 9 heteroatoms. The number of ether oxygens (including phenoxy) is 1. The van der Waals surface area contributed by atoms with Gasteiger partial charge in [-0.2, -0.15) is 18.2 Å². The lowest BCUT2D eigenvalue weighted by Gasteiger charge is -2.31. The number of fused-ring (bicyclic) bond motifs is 1. The lowest BCUT2D eigenvalue weighted by molar-refractivity contribution is -0.137. The number of para-hydroxylation sites is 2.